The minimum Gasteiger partial charge on any atom is -0.468 e. The summed E-state index contributed by atoms with van der Waals surface area (Å²) in [6.45, 7) is 0. The molecular weight excluding hydrogens is 222 g/mol. The van der Waals surface area contributed by atoms with Crippen LogP contribution in [-0.2, 0) is 19.1 Å². The number of nitrogens with two attached hydrogens (primary N) is 1. The first-order chi connectivity index (χ1) is 8.08. The Hall–Kier alpha value is -1.97. The molecule has 0 bridgehead atoms. The summed E-state index contributed by atoms with van der Waals surface area (Å²) in [6, 6.07) is -0.722. The zero-order valence-corrected chi connectivity index (χ0v) is 9.73. The van der Waals surface area contributed by atoms with Gasteiger partial charge in [0.05, 0.1) is 26.4 Å². The summed E-state index contributed by atoms with van der Waals surface area (Å²) in [5, 5.41) is 0. The second kappa shape index (κ2) is 5.94. The van der Waals surface area contributed by atoms with Crippen molar-refractivity contribution in [3.05, 3.63) is 35.5 Å². The second-order valence-electron chi connectivity index (χ2n) is 3.43. The van der Waals surface area contributed by atoms with E-state index in [0.717, 1.165) is 5.57 Å². The standard InChI is InChI=1S/C12H14NO4/c1-16-11(14)9-5-3-8(4-6-9)7-10(13)12(15)17-2/h3,5-6,10H,7,13H2,1-2H3/q+1/t10-/m0/s1. The van der Waals surface area contributed by atoms with Gasteiger partial charge in [0.15, 0.2) is 5.57 Å². The third kappa shape index (κ3) is 3.52. The number of carbonyl (C=O) groups is 2. The Bertz CT molecular complexity index is 407. The van der Waals surface area contributed by atoms with E-state index >= 15 is 0 Å². The van der Waals surface area contributed by atoms with Crippen LogP contribution in [0.25, 0.3) is 0 Å². The summed E-state index contributed by atoms with van der Waals surface area (Å²) in [5.41, 5.74) is 6.74. The number of methoxy groups -OCH3 is 2. The van der Waals surface area contributed by atoms with E-state index < -0.39 is 18.0 Å². The van der Waals surface area contributed by atoms with Crippen molar-refractivity contribution in [2.45, 2.75) is 12.5 Å². The van der Waals surface area contributed by atoms with Crippen LogP contribution in [0.1, 0.15) is 6.42 Å². The van der Waals surface area contributed by atoms with Gasteiger partial charge in [0, 0.05) is 12.5 Å². The predicted molar refractivity (Wildman–Crippen MR) is 60.6 cm³/mol. The van der Waals surface area contributed by atoms with Crippen molar-refractivity contribution in [2.75, 3.05) is 14.2 Å². The molecule has 0 saturated heterocycles. The third-order valence-corrected chi connectivity index (χ3v) is 2.24. The zero-order valence-electron chi connectivity index (χ0n) is 9.73. The van der Waals surface area contributed by atoms with E-state index in [9.17, 15) is 9.59 Å². The van der Waals surface area contributed by atoms with E-state index in [0.29, 0.717) is 12.0 Å². The lowest BCUT2D eigenvalue weighted by Gasteiger charge is -2.06. The normalized spacial score (nSPS) is 15.2. The van der Waals surface area contributed by atoms with Crippen molar-refractivity contribution in [3.63, 3.8) is 0 Å². The van der Waals surface area contributed by atoms with Gasteiger partial charge in [-0.2, -0.15) is 0 Å². The number of hydrogen-bond donors (Lipinski definition) is 1. The van der Waals surface area contributed by atoms with Crippen molar-refractivity contribution in [3.8, 4) is 0 Å². The van der Waals surface area contributed by atoms with E-state index in [1.54, 1.807) is 12.2 Å². The molecular formula is C12H14NO4+. The monoisotopic (exact) mass is 236 g/mol. The van der Waals surface area contributed by atoms with Crippen LogP contribution in [-0.4, -0.2) is 32.2 Å². The maximum Gasteiger partial charge on any atom is 0.396 e. The van der Waals surface area contributed by atoms with Gasteiger partial charge in [-0.15, -0.1) is 0 Å². The summed E-state index contributed by atoms with van der Waals surface area (Å²) in [5.74, 6) is -0.902. The molecule has 0 radical (unpaired) electrons. The molecule has 5 nitrogen and oxygen atoms in total. The molecule has 0 aromatic heterocycles. The molecule has 1 aliphatic rings. The lowest BCUT2D eigenvalue weighted by atomic mass is 10.0. The van der Waals surface area contributed by atoms with Crippen LogP contribution in [0.3, 0.4) is 0 Å². The van der Waals surface area contributed by atoms with Crippen molar-refractivity contribution in [1.29, 1.82) is 0 Å². The van der Waals surface area contributed by atoms with Crippen LogP contribution in [0.15, 0.2) is 29.4 Å². The highest BCUT2D eigenvalue weighted by molar-refractivity contribution is 5.92. The average Bonchev–Trinajstić information content (AvgIpc) is 2.37. The van der Waals surface area contributed by atoms with Gasteiger partial charge in [0.1, 0.15) is 17.7 Å². The molecule has 0 saturated carbocycles. The third-order valence-electron chi connectivity index (χ3n) is 2.24. The van der Waals surface area contributed by atoms with Gasteiger partial charge < -0.3 is 15.2 Å². The Morgan fingerprint density at radius 2 is 2.06 bits per heavy atom. The van der Waals surface area contributed by atoms with E-state index in [-0.39, 0.29) is 0 Å². The van der Waals surface area contributed by atoms with Crippen LogP contribution >= 0.6 is 0 Å². The van der Waals surface area contributed by atoms with Gasteiger partial charge in [0.25, 0.3) is 0 Å². The van der Waals surface area contributed by atoms with E-state index in [4.69, 9.17) is 5.73 Å². The number of ether oxygens (including phenoxy) is 2. The molecule has 90 valence electrons. The summed E-state index contributed by atoms with van der Waals surface area (Å²) in [4.78, 5) is 22.3. The summed E-state index contributed by atoms with van der Waals surface area (Å²) < 4.78 is 9.07. The van der Waals surface area contributed by atoms with Crippen molar-refractivity contribution in [2.24, 2.45) is 5.73 Å². The molecule has 0 unspecified atom stereocenters. The number of esters is 2. The molecule has 0 aliphatic heterocycles. The van der Waals surface area contributed by atoms with Crippen LogP contribution in [0.2, 0.25) is 0 Å². The minimum absolute atomic E-state index is 0.314. The second-order valence-corrected chi connectivity index (χ2v) is 3.43. The van der Waals surface area contributed by atoms with Gasteiger partial charge in [-0.3, -0.25) is 4.79 Å². The highest BCUT2D eigenvalue weighted by atomic mass is 16.5. The molecule has 1 rings (SSSR count). The number of carbonyl (C=O) groups excluding carboxylic acids is 2. The Kier molecular flexibility index (Phi) is 4.57. The molecule has 0 aromatic rings. The molecule has 17 heavy (non-hydrogen) atoms. The molecule has 1 aliphatic carbocycles. The molecule has 0 fully saturated rings. The average molecular weight is 236 g/mol. The zero-order chi connectivity index (χ0) is 12.8. The first-order valence-corrected chi connectivity index (χ1v) is 5.00. The molecule has 0 heterocycles. The van der Waals surface area contributed by atoms with E-state index in [1.807, 2.05) is 0 Å². The van der Waals surface area contributed by atoms with Crippen LogP contribution < -0.4 is 5.73 Å². The summed E-state index contributed by atoms with van der Waals surface area (Å²) >= 11 is 0. The molecule has 0 aromatic carbocycles. The summed E-state index contributed by atoms with van der Waals surface area (Å²) in [6.07, 6.45) is 7.97. The number of rotatable bonds is 4. The molecule has 0 spiro atoms. The van der Waals surface area contributed by atoms with Crippen LogP contribution in [0.4, 0.5) is 0 Å². The van der Waals surface area contributed by atoms with Crippen LogP contribution in [0.5, 0.6) is 0 Å². The lowest BCUT2D eigenvalue weighted by Crippen LogP contribution is -2.31. The fraction of sp³-hybridized carbons (Fsp3) is 0.333. The Morgan fingerprint density at radius 3 is 2.53 bits per heavy atom. The van der Waals surface area contributed by atoms with Gasteiger partial charge in [-0.1, -0.05) is 0 Å². The fourth-order valence-corrected chi connectivity index (χ4v) is 1.30. The maximum atomic E-state index is 11.2. The van der Waals surface area contributed by atoms with Gasteiger partial charge >= 0.3 is 11.9 Å². The number of hydrogen-bond acceptors (Lipinski definition) is 5. The minimum atomic E-state index is -0.722. The topological polar surface area (TPSA) is 78.6 Å². The molecule has 5 heteroatoms. The Balaban J connectivity index is 2.64. The predicted octanol–water partition coefficient (Wildman–Crippen LogP) is 0.276. The smallest absolute Gasteiger partial charge is 0.396 e. The molecule has 1 atom stereocenters. The SMILES string of the molecule is COC(=O)C1=C[C+]=C(C[C@H](N)C(=O)OC)C=C1. The van der Waals surface area contributed by atoms with E-state index in [2.05, 4.69) is 15.5 Å². The first-order valence-electron chi connectivity index (χ1n) is 5.00. The highest BCUT2D eigenvalue weighted by Gasteiger charge is 2.21. The summed E-state index contributed by atoms with van der Waals surface area (Å²) in [7, 11) is 2.59. The molecule has 0 amide bonds. The van der Waals surface area contributed by atoms with Crippen molar-refractivity contribution < 1.29 is 19.1 Å². The van der Waals surface area contributed by atoms with E-state index in [1.165, 1.54) is 20.3 Å². The lowest BCUT2D eigenvalue weighted by molar-refractivity contribution is -0.142. The Morgan fingerprint density at radius 1 is 1.35 bits per heavy atom. The quantitative estimate of drug-likeness (QED) is 0.560. The Labute approximate surface area is 99.6 Å². The van der Waals surface area contributed by atoms with Gasteiger partial charge in [0.2, 0.25) is 0 Å². The first kappa shape index (κ1) is 13.1. The fourth-order valence-electron chi connectivity index (χ4n) is 1.30. The van der Waals surface area contributed by atoms with Crippen LogP contribution in [0, 0.1) is 6.08 Å². The number of allylic oxidation sites excluding steroid dienone is 3. The molecule has 2 N–H and O–H groups in total. The van der Waals surface area contributed by atoms with Gasteiger partial charge in [-0.25, -0.2) is 4.79 Å². The highest BCUT2D eigenvalue weighted by Crippen LogP contribution is 2.14. The maximum absolute atomic E-state index is 11.2. The largest absolute Gasteiger partial charge is 0.468 e. The van der Waals surface area contributed by atoms with Crippen molar-refractivity contribution >= 4 is 11.9 Å². The van der Waals surface area contributed by atoms with Gasteiger partial charge in [-0.05, 0) is 0 Å². The van der Waals surface area contributed by atoms with Crippen molar-refractivity contribution in [1.82, 2.24) is 0 Å².